The molecule has 0 saturated carbocycles. The fourth-order valence-corrected chi connectivity index (χ4v) is 2.24. The second-order valence-corrected chi connectivity index (χ2v) is 5.69. The zero-order chi connectivity index (χ0) is 19.5. The van der Waals surface area contributed by atoms with Gasteiger partial charge >= 0.3 is 0 Å². The van der Waals surface area contributed by atoms with Gasteiger partial charge < -0.3 is 20.7 Å². The Morgan fingerprint density at radius 1 is 0.889 bits per heavy atom. The number of carbonyl (C=O) groups excluding carboxylic acids is 3. The number of hydrogen-bond acceptors (Lipinski definition) is 4. The van der Waals surface area contributed by atoms with Crippen molar-refractivity contribution in [3.63, 3.8) is 0 Å². The molecule has 0 aliphatic rings. The van der Waals surface area contributed by atoms with Crippen molar-refractivity contribution in [2.75, 3.05) is 25.0 Å². The van der Waals surface area contributed by atoms with Crippen molar-refractivity contribution < 1.29 is 19.1 Å². The summed E-state index contributed by atoms with van der Waals surface area (Å²) < 4.78 is 5.34. The van der Waals surface area contributed by atoms with Crippen LogP contribution in [0.2, 0.25) is 0 Å². The number of amides is 3. The molecule has 0 radical (unpaired) electrons. The van der Waals surface area contributed by atoms with Crippen LogP contribution < -0.4 is 20.7 Å². The van der Waals surface area contributed by atoms with Gasteiger partial charge in [-0.3, -0.25) is 14.4 Å². The summed E-state index contributed by atoms with van der Waals surface area (Å²) in [5.74, 6) is -0.0711. The van der Waals surface area contributed by atoms with Gasteiger partial charge in [0, 0.05) is 30.8 Å². The highest BCUT2D eigenvalue weighted by molar-refractivity contribution is 5.95. The Bertz CT molecular complexity index is 761. The van der Waals surface area contributed by atoms with Crippen molar-refractivity contribution in [2.45, 2.75) is 13.3 Å². The molecule has 27 heavy (non-hydrogen) atoms. The van der Waals surface area contributed by atoms with Crippen LogP contribution in [0.3, 0.4) is 0 Å². The molecule has 3 amide bonds. The predicted molar refractivity (Wildman–Crippen MR) is 103 cm³/mol. The van der Waals surface area contributed by atoms with E-state index in [0.717, 1.165) is 0 Å². The monoisotopic (exact) mass is 369 g/mol. The molecule has 142 valence electrons. The first-order chi connectivity index (χ1) is 13.1. The molecule has 0 saturated heterocycles. The minimum atomic E-state index is -0.211. The highest BCUT2D eigenvalue weighted by atomic mass is 16.5. The summed E-state index contributed by atoms with van der Waals surface area (Å²) in [7, 11) is 0. The lowest BCUT2D eigenvalue weighted by Crippen LogP contribution is -2.28. The van der Waals surface area contributed by atoms with Crippen molar-refractivity contribution in [3.05, 3.63) is 60.2 Å². The van der Waals surface area contributed by atoms with E-state index in [1.807, 2.05) is 13.0 Å². The van der Waals surface area contributed by atoms with Crippen LogP contribution in [-0.2, 0) is 9.59 Å². The Morgan fingerprint density at radius 3 is 2.26 bits per heavy atom. The molecule has 0 unspecified atom stereocenters. The Hall–Kier alpha value is -3.35. The van der Waals surface area contributed by atoms with Gasteiger partial charge in [0.2, 0.25) is 5.91 Å². The van der Waals surface area contributed by atoms with Crippen molar-refractivity contribution in [2.24, 2.45) is 0 Å². The Labute approximate surface area is 158 Å². The summed E-state index contributed by atoms with van der Waals surface area (Å²) in [6, 6.07) is 15.5. The molecule has 0 fully saturated rings. The average Bonchev–Trinajstić information content (AvgIpc) is 2.68. The first kappa shape index (κ1) is 20.0. The van der Waals surface area contributed by atoms with Crippen LogP contribution in [0, 0.1) is 0 Å². The average molecular weight is 369 g/mol. The number of likely N-dealkylation sites (N-methyl/N-ethyl adjacent to an activating group) is 1. The molecule has 3 N–H and O–H groups in total. The molecule has 7 nitrogen and oxygen atoms in total. The van der Waals surface area contributed by atoms with E-state index in [-0.39, 0.29) is 37.3 Å². The van der Waals surface area contributed by atoms with E-state index in [0.29, 0.717) is 23.5 Å². The lowest BCUT2D eigenvalue weighted by molar-refractivity contribution is -0.123. The maximum Gasteiger partial charge on any atom is 0.257 e. The molecule has 0 spiro atoms. The van der Waals surface area contributed by atoms with Crippen LogP contribution in [0.4, 0.5) is 5.69 Å². The summed E-state index contributed by atoms with van der Waals surface area (Å²) in [6.45, 7) is 2.58. The molecule has 2 aromatic carbocycles. The number of hydrogen-bond donors (Lipinski definition) is 3. The number of carbonyl (C=O) groups is 3. The Morgan fingerprint density at radius 2 is 1.59 bits per heavy atom. The van der Waals surface area contributed by atoms with E-state index < -0.39 is 0 Å². The maximum atomic E-state index is 12.0. The van der Waals surface area contributed by atoms with Crippen molar-refractivity contribution in [3.8, 4) is 5.75 Å². The van der Waals surface area contributed by atoms with Crippen LogP contribution in [0.5, 0.6) is 5.75 Å². The molecular formula is C20H23N3O4. The molecule has 2 rings (SSSR count). The fraction of sp³-hybridized carbons (Fsp3) is 0.250. The molecule has 0 bridgehead atoms. The van der Waals surface area contributed by atoms with Gasteiger partial charge in [0.15, 0.2) is 6.61 Å². The van der Waals surface area contributed by atoms with Crippen LogP contribution in [0.25, 0.3) is 0 Å². The molecule has 0 aliphatic heterocycles. The first-order valence-electron chi connectivity index (χ1n) is 8.71. The van der Waals surface area contributed by atoms with Gasteiger partial charge in [0.1, 0.15) is 5.75 Å². The SMILES string of the molecule is CCNC(=O)COc1ccc(NC(=O)CCNC(=O)c2ccccc2)cc1. The molecule has 0 aromatic heterocycles. The van der Waals surface area contributed by atoms with Gasteiger partial charge in [-0.25, -0.2) is 0 Å². The smallest absolute Gasteiger partial charge is 0.257 e. The van der Waals surface area contributed by atoms with Crippen molar-refractivity contribution in [1.82, 2.24) is 10.6 Å². The Balaban J connectivity index is 1.71. The van der Waals surface area contributed by atoms with Gasteiger partial charge in [0.05, 0.1) is 0 Å². The summed E-state index contributed by atoms with van der Waals surface area (Å²) in [4.78, 5) is 35.2. The number of benzene rings is 2. The normalized spacial score (nSPS) is 9.96. The maximum absolute atomic E-state index is 12.0. The summed E-state index contributed by atoms with van der Waals surface area (Å²) in [5, 5.41) is 8.09. The van der Waals surface area contributed by atoms with E-state index in [1.54, 1.807) is 48.5 Å². The highest BCUT2D eigenvalue weighted by Crippen LogP contribution is 2.15. The summed E-state index contributed by atoms with van der Waals surface area (Å²) in [6.07, 6.45) is 0.161. The molecule has 0 heterocycles. The van der Waals surface area contributed by atoms with E-state index in [2.05, 4.69) is 16.0 Å². The number of rotatable bonds is 9. The van der Waals surface area contributed by atoms with Gasteiger partial charge in [-0.1, -0.05) is 18.2 Å². The lowest BCUT2D eigenvalue weighted by atomic mass is 10.2. The fourth-order valence-electron chi connectivity index (χ4n) is 2.24. The molecule has 0 aliphatic carbocycles. The number of nitrogens with one attached hydrogen (secondary N) is 3. The molecule has 2 aromatic rings. The Kier molecular flexibility index (Phi) is 7.84. The van der Waals surface area contributed by atoms with Gasteiger partial charge in [-0.15, -0.1) is 0 Å². The largest absolute Gasteiger partial charge is 0.484 e. The quantitative estimate of drug-likeness (QED) is 0.629. The van der Waals surface area contributed by atoms with Crippen LogP contribution >= 0.6 is 0 Å². The van der Waals surface area contributed by atoms with Crippen molar-refractivity contribution >= 4 is 23.4 Å². The van der Waals surface area contributed by atoms with Crippen molar-refractivity contribution in [1.29, 1.82) is 0 Å². The highest BCUT2D eigenvalue weighted by Gasteiger charge is 2.07. The second kappa shape index (κ2) is 10.6. The standard InChI is InChI=1S/C20H23N3O4/c1-2-21-19(25)14-27-17-10-8-16(9-11-17)23-18(24)12-13-22-20(26)15-6-4-3-5-7-15/h3-11H,2,12-14H2,1H3,(H,21,25)(H,22,26)(H,23,24). The van der Waals surface area contributed by atoms with Crippen LogP contribution in [-0.4, -0.2) is 37.4 Å². The van der Waals surface area contributed by atoms with E-state index in [4.69, 9.17) is 4.74 Å². The van der Waals surface area contributed by atoms with Gasteiger partial charge in [-0.2, -0.15) is 0 Å². The molecule has 7 heteroatoms. The predicted octanol–water partition coefficient (Wildman–Crippen LogP) is 1.96. The third-order valence-corrected chi connectivity index (χ3v) is 3.56. The third-order valence-electron chi connectivity index (χ3n) is 3.56. The lowest BCUT2D eigenvalue weighted by Gasteiger charge is -2.09. The summed E-state index contributed by atoms with van der Waals surface area (Å²) in [5.41, 5.74) is 1.17. The second-order valence-electron chi connectivity index (χ2n) is 5.69. The summed E-state index contributed by atoms with van der Waals surface area (Å²) >= 11 is 0. The van der Waals surface area contributed by atoms with Gasteiger partial charge in [0.25, 0.3) is 11.8 Å². The first-order valence-corrected chi connectivity index (χ1v) is 8.71. The number of anilines is 1. The third kappa shape index (κ3) is 7.19. The van der Waals surface area contributed by atoms with E-state index in [9.17, 15) is 14.4 Å². The van der Waals surface area contributed by atoms with Crippen LogP contribution in [0.1, 0.15) is 23.7 Å². The van der Waals surface area contributed by atoms with Gasteiger partial charge in [-0.05, 0) is 43.3 Å². The molecule has 0 atom stereocenters. The zero-order valence-electron chi connectivity index (χ0n) is 15.2. The number of ether oxygens (including phenoxy) is 1. The van der Waals surface area contributed by atoms with E-state index in [1.165, 1.54) is 0 Å². The van der Waals surface area contributed by atoms with Crippen LogP contribution in [0.15, 0.2) is 54.6 Å². The minimum absolute atomic E-state index is 0.0549. The van der Waals surface area contributed by atoms with E-state index >= 15 is 0 Å². The molecular weight excluding hydrogens is 346 g/mol. The topological polar surface area (TPSA) is 96.5 Å². The minimum Gasteiger partial charge on any atom is -0.484 e. The zero-order valence-corrected chi connectivity index (χ0v) is 15.2.